The van der Waals surface area contributed by atoms with Crippen LogP contribution >= 0.6 is 0 Å². The number of halogens is 5. The quantitative estimate of drug-likeness (QED) is 0.331. The second-order valence-corrected chi connectivity index (χ2v) is 8.19. The molecule has 2 rings (SSSR count). The molecule has 0 heterocycles. The van der Waals surface area contributed by atoms with Gasteiger partial charge in [0.25, 0.3) is 0 Å². The first-order chi connectivity index (χ1) is 15.2. The highest BCUT2D eigenvalue weighted by Crippen LogP contribution is 2.35. The van der Waals surface area contributed by atoms with Gasteiger partial charge in [0.2, 0.25) is 0 Å². The standard InChI is InChI=1S/C23H25F5O5/c1-4-21(2,3)20(30)32-12-16-6-8-17-9-15(5-7-18(17)10-16)11-31-13-19(29)33-14-22(24,25)23(26,27)28/h5-10H,4,11-14H2,1-3H3. The molecule has 0 amide bonds. The summed E-state index contributed by atoms with van der Waals surface area (Å²) in [5.74, 6) is -6.73. The van der Waals surface area contributed by atoms with E-state index in [1.807, 2.05) is 32.9 Å². The predicted molar refractivity (Wildman–Crippen MR) is 109 cm³/mol. The number of rotatable bonds is 10. The Kier molecular flexibility index (Phi) is 8.40. The van der Waals surface area contributed by atoms with Crippen LogP contribution in [-0.2, 0) is 37.0 Å². The SMILES string of the molecule is CCC(C)(C)C(=O)OCc1ccc2cc(COCC(=O)OCC(F)(F)C(F)(F)F)ccc2c1. The molecule has 0 saturated heterocycles. The van der Waals surface area contributed by atoms with Crippen molar-refractivity contribution in [3.05, 3.63) is 47.5 Å². The number of hydrogen-bond acceptors (Lipinski definition) is 5. The molecular formula is C23H25F5O5. The second-order valence-electron chi connectivity index (χ2n) is 8.19. The van der Waals surface area contributed by atoms with Gasteiger partial charge in [-0.15, -0.1) is 0 Å². The third-order valence-corrected chi connectivity index (χ3v) is 5.09. The second kappa shape index (κ2) is 10.5. The molecule has 2 aromatic rings. The summed E-state index contributed by atoms with van der Waals surface area (Å²) in [4.78, 5) is 23.5. The van der Waals surface area contributed by atoms with E-state index in [-0.39, 0.29) is 19.2 Å². The monoisotopic (exact) mass is 476 g/mol. The van der Waals surface area contributed by atoms with Crippen molar-refractivity contribution in [2.75, 3.05) is 13.2 Å². The van der Waals surface area contributed by atoms with Crippen LogP contribution in [0.1, 0.15) is 38.3 Å². The van der Waals surface area contributed by atoms with E-state index < -0.39 is 36.7 Å². The smallest absolute Gasteiger partial charge is 0.456 e. The molecule has 5 nitrogen and oxygen atoms in total. The van der Waals surface area contributed by atoms with Crippen LogP contribution in [0.3, 0.4) is 0 Å². The maximum atomic E-state index is 12.7. The molecule has 0 unspecified atom stereocenters. The van der Waals surface area contributed by atoms with Gasteiger partial charge in [0.15, 0.2) is 6.61 Å². The first kappa shape index (κ1) is 26.5. The van der Waals surface area contributed by atoms with Gasteiger partial charge < -0.3 is 14.2 Å². The van der Waals surface area contributed by atoms with Crippen molar-refractivity contribution in [1.82, 2.24) is 0 Å². The highest BCUT2D eigenvalue weighted by Gasteiger charge is 2.58. The number of hydrogen-bond donors (Lipinski definition) is 0. The van der Waals surface area contributed by atoms with Crippen LogP contribution in [0.4, 0.5) is 22.0 Å². The number of alkyl halides is 5. The summed E-state index contributed by atoms with van der Waals surface area (Å²) in [5, 5.41) is 1.71. The predicted octanol–water partition coefficient (Wildman–Crippen LogP) is 5.58. The lowest BCUT2D eigenvalue weighted by Gasteiger charge is -2.20. The van der Waals surface area contributed by atoms with Crippen molar-refractivity contribution in [3.63, 3.8) is 0 Å². The summed E-state index contributed by atoms with van der Waals surface area (Å²) >= 11 is 0. The highest BCUT2D eigenvalue weighted by molar-refractivity contribution is 5.84. The van der Waals surface area contributed by atoms with Gasteiger partial charge in [0.05, 0.1) is 12.0 Å². The van der Waals surface area contributed by atoms with Gasteiger partial charge in [-0.1, -0.05) is 31.2 Å². The molecule has 0 aliphatic carbocycles. The summed E-state index contributed by atoms with van der Waals surface area (Å²) in [7, 11) is 0. The number of carbonyl (C=O) groups is 2. The largest absolute Gasteiger partial charge is 0.460 e. The van der Waals surface area contributed by atoms with E-state index in [1.165, 1.54) is 0 Å². The van der Waals surface area contributed by atoms with E-state index >= 15 is 0 Å². The Labute approximate surface area is 187 Å². The fourth-order valence-corrected chi connectivity index (χ4v) is 2.56. The average molecular weight is 476 g/mol. The summed E-state index contributed by atoms with van der Waals surface area (Å²) in [5.41, 5.74) is 0.905. The molecule has 0 spiro atoms. The highest BCUT2D eigenvalue weighted by atomic mass is 19.4. The molecule has 2 aromatic carbocycles. The molecule has 0 N–H and O–H groups in total. The van der Waals surface area contributed by atoms with E-state index in [2.05, 4.69) is 4.74 Å². The topological polar surface area (TPSA) is 61.8 Å². The first-order valence-corrected chi connectivity index (χ1v) is 10.1. The fourth-order valence-electron chi connectivity index (χ4n) is 2.56. The first-order valence-electron chi connectivity index (χ1n) is 10.1. The Hall–Kier alpha value is -2.75. The maximum absolute atomic E-state index is 12.7. The number of fused-ring (bicyclic) bond motifs is 1. The Morgan fingerprint density at radius 1 is 0.848 bits per heavy atom. The number of benzene rings is 2. The van der Waals surface area contributed by atoms with Crippen LogP contribution in [0.2, 0.25) is 0 Å². The van der Waals surface area contributed by atoms with Gasteiger partial charge in [-0.05, 0) is 54.3 Å². The lowest BCUT2D eigenvalue weighted by molar-refractivity contribution is -0.294. The van der Waals surface area contributed by atoms with Crippen molar-refractivity contribution >= 4 is 22.7 Å². The van der Waals surface area contributed by atoms with Gasteiger partial charge in [-0.25, -0.2) is 4.79 Å². The third-order valence-electron chi connectivity index (χ3n) is 5.09. The molecule has 10 heteroatoms. The van der Waals surface area contributed by atoms with Gasteiger partial charge in [-0.3, -0.25) is 4.79 Å². The zero-order chi connectivity index (χ0) is 24.9. The third kappa shape index (κ3) is 7.38. The van der Waals surface area contributed by atoms with Gasteiger partial charge >= 0.3 is 24.0 Å². The Morgan fingerprint density at radius 3 is 1.91 bits per heavy atom. The Morgan fingerprint density at radius 2 is 1.39 bits per heavy atom. The lowest BCUT2D eigenvalue weighted by atomic mass is 9.91. The number of esters is 2. The molecule has 0 aromatic heterocycles. The Bertz CT molecular complexity index is 985. The molecule has 0 radical (unpaired) electrons. The molecule has 0 aliphatic heterocycles. The van der Waals surface area contributed by atoms with Crippen molar-refractivity contribution in [2.45, 2.75) is 52.5 Å². The number of carbonyl (C=O) groups excluding carboxylic acids is 2. The van der Waals surface area contributed by atoms with E-state index in [1.54, 1.807) is 24.3 Å². The minimum absolute atomic E-state index is 0.0772. The maximum Gasteiger partial charge on any atom is 0.456 e. The van der Waals surface area contributed by atoms with Crippen LogP contribution in [0.5, 0.6) is 0 Å². The number of ether oxygens (including phenoxy) is 3. The molecule has 182 valence electrons. The van der Waals surface area contributed by atoms with Crippen LogP contribution < -0.4 is 0 Å². The summed E-state index contributed by atoms with van der Waals surface area (Å²) in [6.45, 7) is 2.74. The van der Waals surface area contributed by atoms with E-state index in [9.17, 15) is 31.5 Å². The van der Waals surface area contributed by atoms with Crippen molar-refractivity contribution in [2.24, 2.45) is 5.41 Å². The van der Waals surface area contributed by atoms with E-state index in [4.69, 9.17) is 9.47 Å². The molecule has 0 saturated carbocycles. The zero-order valence-corrected chi connectivity index (χ0v) is 18.4. The van der Waals surface area contributed by atoms with Crippen LogP contribution in [0.15, 0.2) is 36.4 Å². The van der Waals surface area contributed by atoms with Gasteiger partial charge in [-0.2, -0.15) is 22.0 Å². The van der Waals surface area contributed by atoms with Crippen molar-refractivity contribution < 1.29 is 45.8 Å². The van der Waals surface area contributed by atoms with Gasteiger partial charge in [0.1, 0.15) is 13.2 Å². The Balaban J connectivity index is 1.87. The molecule has 0 bridgehead atoms. The van der Waals surface area contributed by atoms with E-state index in [0.717, 1.165) is 16.3 Å². The minimum atomic E-state index is -5.80. The van der Waals surface area contributed by atoms with Crippen LogP contribution in [-0.4, -0.2) is 37.3 Å². The summed E-state index contributed by atoms with van der Waals surface area (Å²) < 4.78 is 76.0. The molecule has 0 fully saturated rings. The van der Waals surface area contributed by atoms with Crippen molar-refractivity contribution in [3.8, 4) is 0 Å². The summed E-state index contributed by atoms with van der Waals surface area (Å²) in [6, 6.07) is 10.8. The van der Waals surface area contributed by atoms with E-state index in [0.29, 0.717) is 12.0 Å². The molecular weight excluding hydrogens is 451 g/mol. The van der Waals surface area contributed by atoms with Crippen LogP contribution in [0, 0.1) is 5.41 Å². The normalized spacial score (nSPS) is 12.6. The molecule has 33 heavy (non-hydrogen) atoms. The lowest BCUT2D eigenvalue weighted by Crippen LogP contribution is -2.41. The van der Waals surface area contributed by atoms with Crippen molar-refractivity contribution in [1.29, 1.82) is 0 Å². The minimum Gasteiger partial charge on any atom is -0.460 e. The average Bonchev–Trinajstić information content (AvgIpc) is 2.75. The zero-order valence-electron chi connectivity index (χ0n) is 18.4. The molecule has 0 aliphatic rings. The van der Waals surface area contributed by atoms with Gasteiger partial charge in [0, 0.05) is 0 Å². The fraction of sp³-hybridized carbons (Fsp3) is 0.478. The van der Waals surface area contributed by atoms with Crippen LogP contribution in [0.25, 0.3) is 10.8 Å². The summed E-state index contributed by atoms with van der Waals surface area (Å²) in [6.07, 6.45) is -5.14. The molecule has 0 atom stereocenters.